The minimum absolute atomic E-state index is 0.123. The largest absolute Gasteiger partial charge is 0.282 e. The Morgan fingerprint density at radius 2 is 1.67 bits per heavy atom. The van der Waals surface area contributed by atoms with Crippen molar-refractivity contribution in [2.45, 2.75) is 6.92 Å². The Labute approximate surface area is 166 Å². The van der Waals surface area contributed by atoms with E-state index in [0.717, 1.165) is 26.9 Å². The fraction of sp³-hybridized carbons (Fsp3) is 0.0435. The Kier molecular flexibility index (Phi) is 4.73. The lowest BCUT2D eigenvalue weighted by molar-refractivity contribution is -0.113. The Hall–Kier alpha value is -2.98. The van der Waals surface area contributed by atoms with E-state index < -0.39 is 0 Å². The number of amidine groups is 1. The minimum Gasteiger partial charge on any atom is -0.266 e. The first kappa shape index (κ1) is 17.4. The number of halogens is 1. The van der Waals surface area contributed by atoms with E-state index in [1.807, 2.05) is 91.9 Å². The standard InChI is InChI=1S/C23H17BrN2O/c1-16-6-5-9-20(14-16)26-22(18-10-12-19(24)13-11-18)25-21(23(26)27)15-17-7-3-2-4-8-17/h2-15H,1H3/b21-15+. The van der Waals surface area contributed by atoms with E-state index in [0.29, 0.717) is 11.5 Å². The van der Waals surface area contributed by atoms with Crippen LogP contribution in [0.2, 0.25) is 0 Å². The van der Waals surface area contributed by atoms with Crippen LogP contribution >= 0.6 is 15.9 Å². The summed E-state index contributed by atoms with van der Waals surface area (Å²) in [6, 6.07) is 25.5. The summed E-state index contributed by atoms with van der Waals surface area (Å²) in [6.45, 7) is 2.02. The summed E-state index contributed by atoms with van der Waals surface area (Å²) >= 11 is 3.46. The molecule has 0 unspecified atom stereocenters. The lowest BCUT2D eigenvalue weighted by Gasteiger charge is -2.19. The van der Waals surface area contributed by atoms with E-state index in [9.17, 15) is 4.79 Å². The van der Waals surface area contributed by atoms with Gasteiger partial charge in [-0.3, -0.25) is 9.69 Å². The number of carbonyl (C=O) groups is 1. The smallest absolute Gasteiger partial charge is 0.266 e. The molecule has 0 aromatic heterocycles. The van der Waals surface area contributed by atoms with Gasteiger partial charge in [0.15, 0.2) is 0 Å². The summed E-state index contributed by atoms with van der Waals surface area (Å²) in [5, 5.41) is 0. The van der Waals surface area contributed by atoms with Gasteiger partial charge in [0.2, 0.25) is 0 Å². The number of benzene rings is 3. The fourth-order valence-corrected chi connectivity index (χ4v) is 3.29. The van der Waals surface area contributed by atoms with Crippen molar-refractivity contribution in [3.05, 3.63) is 106 Å². The average molecular weight is 417 g/mol. The maximum atomic E-state index is 13.2. The molecule has 27 heavy (non-hydrogen) atoms. The number of aryl methyl sites for hydroxylation is 1. The van der Waals surface area contributed by atoms with Crippen LogP contribution in [-0.2, 0) is 4.79 Å². The summed E-state index contributed by atoms with van der Waals surface area (Å²) in [5.41, 5.74) is 4.19. The molecule has 3 aromatic carbocycles. The van der Waals surface area contributed by atoms with E-state index in [4.69, 9.17) is 4.99 Å². The lowest BCUT2D eigenvalue weighted by Crippen LogP contribution is -2.32. The van der Waals surface area contributed by atoms with Crippen LogP contribution in [0, 0.1) is 6.92 Å². The van der Waals surface area contributed by atoms with Gasteiger partial charge in [-0.05, 0) is 48.4 Å². The molecule has 1 aliphatic heterocycles. The van der Waals surface area contributed by atoms with E-state index >= 15 is 0 Å². The molecule has 0 spiro atoms. The number of hydrogen-bond donors (Lipinski definition) is 0. The summed E-state index contributed by atoms with van der Waals surface area (Å²) in [5.74, 6) is 0.516. The number of amides is 1. The first-order valence-electron chi connectivity index (χ1n) is 8.64. The summed E-state index contributed by atoms with van der Waals surface area (Å²) in [6.07, 6.45) is 1.83. The summed E-state index contributed by atoms with van der Waals surface area (Å²) in [4.78, 5) is 19.6. The van der Waals surface area contributed by atoms with Crippen LogP contribution in [0.25, 0.3) is 6.08 Å². The summed E-state index contributed by atoms with van der Waals surface area (Å²) < 4.78 is 0.985. The molecule has 4 rings (SSSR count). The first-order chi connectivity index (χ1) is 13.1. The zero-order chi connectivity index (χ0) is 18.8. The highest BCUT2D eigenvalue weighted by molar-refractivity contribution is 9.10. The van der Waals surface area contributed by atoms with Crippen molar-refractivity contribution < 1.29 is 4.79 Å². The number of rotatable bonds is 3. The highest BCUT2D eigenvalue weighted by Crippen LogP contribution is 2.28. The van der Waals surface area contributed by atoms with Gasteiger partial charge in [0.25, 0.3) is 5.91 Å². The van der Waals surface area contributed by atoms with E-state index in [-0.39, 0.29) is 5.91 Å². The molecular formula is C23H17BrN2O. The Balaban J connectivity index is 1.84. The van der Waals surface area contributed by atoms with Gasteiger partial charge in [-0.25, -0.2) is 4.99 Å². The van der Waals surface area contributed by atoms with Gasteiger partial charge in [0.05, 0.1) is 5.69 Å². The third-order valence-corrected chi connectivity index (χ3v) is 4.85. The van der Waals surface area contributed by atoms with Crippen molar-refractivity contribution in [1.82, 2.24) is 0 Å². The van der Waals surface area contributed by atoms with Crippen molar-refractivity contribution in [2.24, 2.45) is 4.99 Å². The fourth-order valence-electron chi connectivity index (χ4n) is 3.02. The highest BCUT2D eigenvalue weighted by Gasteiger charge is 2.32. The summed E-state index contributed by atoms with van der Waals surface area (Å²) in [7, 11) is 0. The van der Waals surface area contributed by atoms with Crippen molar-refractivity contribution in [1.29, 1.82) is 0 Å². The van der Waals surface area contributed by atoms with Crippen LogP contribution in [0.3, 0.4) is 0 Å². The number of carbonyl (C=O) groups excluding carboxylic acids is 1. The van der Waals surface area contributed by atoms with E-state index in [1.165, 1.54) is 0 Å². The number of aliphatic imine (C=N–C) groups is 1. The van der Waals surface area contributed by atoms with Crippen molar-refractivity contribution >= 4 is 39.4 Å². The molecule has 0 radical (unpaired) electrons. The zero-order valence-corrected chi connectivity index (χ0v) is 16.3. The zero-order valence-electron chi connectivity index (χ0n) is 14.8. The Bertz CT molecular complexity index is 1050. The molecular weight excluding hydrogens is 400 g/mol. The molecule has 0 N–H and O–H groups in total. The van der Waals surface area contributed by atoms with Crippen LogP contribution in [0.5, 0.6) is 0 Å². The van der Waals surface area contributed by atoms with Gasteiger partial charge in [0, 0.05) is 10.0 Å². The number of hydrogen-bond acceptors (Lipinski definition) is 2. The monoisotopic (exact) mass is 416 g/mol. The van der Waals surface area contributed by atoms with Crippen molar-refractivity contribution in [2.75, 3.05) is 4.90 Å². The number of anilines is 1. The molecule has 1 aliphatic rings. The van der Waals surface area contributed by atoms with E-state index in [2.05, 4.69) is 15.9 Å². The van der Waals surface area contributed by atoms with Gasteiger partial charge in [-0.2, -0.15) is 0 Å². The maximum absolute atomic E-state index is 13.2. The first-order valence-corrected chi connectivity index (χ1v) is 9.43. The van der Waals surface area contributed by atoms with Crippen molar-refractivity contribution in [3.63, 3.8) is 0 Å². The molecule has 132 valence electrons. The van der Waals surface area contributed by atoms with Crippen LogP contribution in [0.1, 0.15) is 16.7 Å². The quantitative estimate of drug-likeness (QED) is 0.512. The van der Waals surface area contributed by atoms with E-state index in [1.54, 1.807) is 4.90 Å². The minimum atomic E-state index is -0.123. The molecule has 1 heterocycles. The molecule has 3 nitrogen and oxygen atoms in total. The average Bonchev–Trinajstić information content (AvgIpc) is 2.99. The number of nitrogens with zero attached hydrogens (tertiary/aromatic N) is 2. The van der Waals surface area contributed by atoms with Gasteiger partial charge < -0.3 is 0 Å². The normalized spacial score (nSPS) is 15.3. The molecule has 0 fully saturated rings. The second kappa shape index (κ2) is 7.33. The highest BCUT2D eigenvalue weighted by atomic mass is 79.9. The molecule has 0 saturated carbocycles. The van der Waals surface area contributed by atoms with Crippen LogP contribution in [-0.4, -0.2) is 11.7 Å². The molecule has 4 heteroatoms. The third-order valence-electron chi connectivity index (χ3n) is 4.33. The van der Waals surface area contributed by atoms with Crippen LogP contribution in [0.4, 0.5) is 5.69 Å². The molecule has 0 saturated heterocycles. The molecule has 1 amide bonds. The van der Waals surface area contributed by atoms with Crippen molar-refractivity contribution in [3.8, 4) is 0 Å². The second-order valence-corrected chi connectivity index (χ2v) is 7.28. The van der Waals surface area contributed by atoms with Crippen LogP contribution in [0.15, 0.2) is 94.0 Å². The predicted octanol–water partition coefficient (Wildman–Crippen LogP) is 5.59. The molecule has 0 bridgehead atoms. The van der Waals surface area contributed by atoms with Gasteiger partial charge in [-0.1, -0.05) is 70.5 Å². The third kappa shape index (κ3) is 3.62. The molecule has 0 atom stereocenters. The van der Waals surface area contributed by atoms with Gasteiger partial charge in [-0.15, -0.1) is 0 Å². The van der Waals surface area contributed by atoms with Gasteiger partial charge in [0.1, 0.15) is 11.5 Å². The second-order valence-electron chi connectivity index (χ2n) is 6.36. The predicted molar refractivity (Wildman–Crippen MR) is 114 cm³/mol. The Morgan fingerprint density at radius 1 is 0.926 bits per heavy atom. The lowest BCUT2D eigenvalue weighted by atomic mass is 10.1. The van der Waals surface area contributed by atoms with Crippen LogP contribution < -0.4 is 4.90 Å². The van der Waals surface area contributed by atoms with Gasteiger partial charge >= 0.3 is 0 Å². The topological polar surface area (TPSA) is 32.7 Å². The Morgan fingerprint density at radius 3 is 2.37 bits per heavy atom. The SMILES string of the molecule is Cc1cccc(N2C(=O)/C(=C\c3ccccc3)N=C2c2ccc(Br)cc2)c1. The molecule has 0 aliphatic carbocycles. The molecule has 3 aromatic rings. The maximum Gasteiger partial charge on any atom is 0.282 e.